The summed E-state index contributed by atoms with van der Waals surface area (Å²) in [6, 6.07) is 19.6. The molecule has 58 heavy (non-hydrogen) atoms. The Bertz CT molecular complexity index is 2180. The van der Waals surface area contributed by atoms with Crippen molar-refractivity contribution in [3.63, 3.8) is 0 Å². The standard InChI is InChI=1S/C45H51N7O6/c1-26(56-2)41(51-45(55)58-4)44(54)52-19-5-6-37(52)42-48-25-36(50-42)31-14-12-29(13-15-31)28-8-10-30(11-9-28)34-21-35(46-24-34)39-32-16-17-33(20-32)40(39)43(53)49-23-27-7-18-38(57-3)47-22-27/h7-15,18,22,24-26,32-33,37,39-41H,5-6,16-17,19-21,23H2,1-4H3,(H,48,50)(H,49,53)(H,51,55)/t26-,32?,33?,37+,39?,40+,41+/m1/s1. The van der Waals surface area contributed by atoms with Gasteiger partial charge in [-0.25, -0.2) is 14.8 Å². The molecule has 2 aliphatic heterocycles. The van der Waals surface area contributed by atoms with Crippen molar-refractivity contribution in [1.29, 1.82) is 0 Å². The van der Waals surface area contributed by atoms with E-state index in [1.807, 2.05) is 18.3 Å². The van der Waals surface area contributed by atoms with Gasteiger partial charge in [0.2, 0.25) is 17.7 Å². The molecule has 7 atom stereocenters. The van der Waals surface area contributed by atoms with Gasteiger partial charge in [-0.2, -0.15) is 0 Å². The Balaban J connectivity index is 0.882. The summed E-state index contributed by atoms with van der Waals surface area (Å²) in [5.41, 5.74) is 8.47. The molecule has 4 aromatic rings. The number of aromatic amines is 1. The molecule has 4 heterocycles. The van der Waals surface area contributed by atoms with E-state index in [0.29, 0.717) is 36.6 Å². The molecule has 2 aromatic carbocycles. The smallest absolute Gasteiger partial charge is 0.407 e. The number of hydrogen-bond acceptors (Lipinski definition) is 9. The van der Waals surface area contributed by atoms with E-state index in [0.717, 1.165) is 77.7 Å². The molecule has 8 rings (SSSR count). The van der Waals surface area contributed by atoms with Crippen LogP contribution in [0.2, 0.25) is 0 Å². The lowest BCUT2D eigenvalue weighted by molar-refractivity contribution is -0.137. The Morgan fingerprint density at radius 1 is 0.879 bits per heavy atom. The molecular formula is C45H51N7O6. The number of nitrogens with one attached hydrogen (secondary N) is 3. The van der Waals surface area contributed by atoms with Gasteiger partial charge in [0.1, 0.15) is 11.9 Å². The van der Waals surface area contributed by atoms with E-state index in [1.165, 1.54) is 19.8 Å². The van der Waals surface area contributed by atoms with Crippen molar-refractivity contribution in [3.8, 4) is 28.3 Å². The molecule has 2 bridgehead atoms. The van der Waals surface area contributed by atoms with Crippen molar-refractivity contribution >= 4 is 29.2 Å². The van der Waals surface area contributed by atoms with Crippen molar-refractivity contribution in [2.75, 3.05) is 27.9 Å². The SMILES string of the molecule is COC(=O)N[C@H](C(=O)N1CCC[C@H]1c1ncc(-c2ccc(-c3ccc(C4=CN=C(C5C6CCC(C6)[C@@H]5C(=O)NCc5ccc(OC)nc5)C4)cc3)cc2)[nH]1)[C@@H](C)OC. The average molecular weight is 786 g/mol. The third-order valence-corrected chi connectivity index (χ3v) is 12.6. The molecule has 4 aliphatic rings. The number of fused-ring (bicyclic) bond motifs is 2. The number of ether oxygens (including phenoxy) is 3. The van der Waals surface area contributed by atoms with E-state index in [-0.39, 0.29) is 29.7 Å². The van der Waals surface area contributed by atoms with Crippen LogP contribution < -0.4 is 15.4 Å². The van der Waals surface area contributed by atoms with Crippen molar-refractivity contribution in [2.24, 2.45) is 28.7 Å². The van der Waals surface area contributed by atoms with Crippen LogP contribution in [0.5, 0.6) is 5.88 Å². The number of imidazole rings is 1. The van der Waals surface area contributed by atoms with E-state index < -0.39 is 18.2 Å². The first-order valence-electron chi connectivity index (χ1n) is 20.2. The number of rotatable bonds is 13. The summed E-state index contributed by atoms with van der Waals surface area (Å²) in [4.78, 5) is 58.4. The summed E-state index contributed by atoms with van der Waals surface area (Å²) in [6.07, 6.45) is 10.0. The Hall–Kier alpha value is -5.82. The van der Waals surface area contributed by atoms with Crippen LogP contribution in [0.15, 0.2) is 84.2 Å². The summed E-state index contributed by atoms with van der Waals surface area (Å²) in [5, 5.41) is 5.83. The summed E-state index contributed by atoms with van der Waals surface area (Å²) < 4.78 is 15.3. The molecule has 0 spiro atoms. The number of pyridine rings is 1. The predicted octanol–water partition coefficient (Wildman–Crippen LogP) is 6.73. The quantitative estimate of drug-likeness (QED) is 0.135. The summed E-state index contributed by atoms with van der Waals surface area (Å²) >= 11 is 0. The molecule has 1 saturated heterocycles. The fourth-order valence-corrected chi connectivity index (χ4v) is 9.49. The molecule has 3 fully saturated rings. The zero-order valence-corrected chi connectivity index (χ0v) is 33.4. The maximum absolute atomic E-state index is 13.6. The summed E-state index contributed by atoms with van der Waals surface area (Å²) in [7, 11) is 4.37. The Kier molecular flexibility index (Phi) is 11.4. The van der Waals surface area contributed by atoms with E-state index in [1.54, 1.807) is 31.3 Å². The lowest BCUT2D eigenvalue weighted by atomic mass is 9.75. The van der Waals surface area contributed by atoms with Gasteiger partial charge in [-0.3, -0.25) is 14.6 Å². The molecule has 0 radical (unpaired) electrons. The number of allylic oxidation sites excluding steroid dienone is 1. The second-order valence-electron chi connectivity index (χ2n) is 15.8. The number of carbonyl (C=O) groups excluding carboxylic acids is 3. The number of methoxy groups -OCH3 is 3. The molecule has 13 nitrogen and oxygen atoms in total. The zero-order valence-electron chi connectivity index (χ0n) is 33.4. The lowest BCUT2D eigenvalue weighted by Crippen LogP contribution is -2.54. The lowest BCUT2D eigenvalue weighted by Gasteiger charge is -2.30. The van der Waals surface area contributed by atoms with Crippen LogP contribution in [-0.2, 0) is 25.6 Å². The second-order valence-corrected chi connectivity index (χ2v) is 15.8. The minimum atomic E-state index is -0.884. The van der Waals surface area contributed by atoms with E-state index in [4.69, 9.17) is 19.2 Å². The highest BCUT2D eigenvalue weighted by molar-refractivity contribution is 6.02. The van der Waals surface area contributed by atoms with E-state index >= 15 is 0 Å². The van der Waals surface area contributed by atoms with Crippen molar-refractivity contribution < 1.29 is 28.6 Å². The van der Waals surface area contributed by atoms with Gasteiger partial charge in [-0.15, -0.1) is 0 Å². The first kappa shape index (κ1) is 39.0. The fourth-order valence-electron chi connectivity index (χ4n) is 9.49. The molecule has 2 aromatic heterocycles. The predicted molar refractivity (Wildman–Crippen MR) is 219 cm³/mol. The van der Waals surface area contributed by atoms with Gasteiger partial charge in [0, 0.05) is 62.6 Å². The van der Waals surface area contributed by atoms with Crippen LogP contribution >= 0.6 is 0 Å². The molecule has 302 valence electrons. The number of nitrogens with zero attached hydrogens (tertiary/aromatic N) is 4. The van der Waals surface area contributed by atoms with Gasteiger partial charge in [0.25, 0.3) is 0 Å². The number of amides is 3. The number of alkyl carbamates (subject to hydrolysis) is 1. The topological polar surface area (TPSA) is 160 Å². The largest absolute Gasteiger partial charge is 0.481 e. The molecule has 3 unspecified atom stereocenters. The summed E-state index contributed by atoms with van der Waals surface area (Å²) in [6.45, 7) is 2.75. The minimum Gasteiger partial charge on any atom is -0.481 e. The van der Waals surface area contributed by atoms with Gasteiger partial charge in [0.15, 0.2) is 0 Å². The summed E-state index contributed by atoms with van der Waals surface area (Å²) in [5.74, 6) is 2.20. The zero-order chi connectivity index (χ0) is 40.3. The Morgan fingerprint density at radius 3 is 2.29 bits per heavy atom. The Labute approximate surface area is 338 Å². The third-order valence-electron chi connectivity index (χ3n) is 12.6. The second kappa shape index (κ2) is 17.0. The minimum absolute atomic E-state index is 0.0450. The van der Waals surface area contributed by atoms with Crippen molar-refractivity contribution in [3.05, 3.63) is 96.2 Å². The van der Waals surface area contributed by atoms with Gasteiger partial charge < -0.3 is 34.7 Å². The highest BCUT2D eigenvalue weighted by Crippen LogP contribution is 2.54. The fraction of sp³-hybridized carbons (Fsp3) is 0.422. The van der Waals surface area contributed by atoms with Crippen LogP contribution in [-0.4, -0.2) is 83.5 Å². The van der Waals surface area contributed by atoms with Crippen LogP contribution in [0.3, 0.4) is 0 Å². The van der Waals surface area contributed by atoms with E-state index in [9.17, 15) is 14.4 Å². The number of aromatic nitrogens is 3. The molecule has 3 N–H and O–H groups in total. The molecule has 13 heteroatoms. The van der Waals surface area contributed by atoms with Crippen LogP contribution in [0.4, 0.5) is 4.79 Å². The molecular weight excluding hydrogens is 735 g/mol. The average Bonchev–Trinajstić information content (AvgIpc) is 4.13. The molecule has 3 amide bonds. The van der Waals surface area contributed by atoms with Crippen LogP contribution in [0.1, 0.15) is 68.4 Å². The Morgan fingerprint density at radius 2 is 1.60 bits per heavy atom. The van der Waals surface area contributed by atoms with Gasteiger partial charge in [-0.1, -0.05) is 54.6 Å². The maximum atomic E-state index is 13.6. The highest BCUT2D eigenvalue weighted by atomic mass is 16.5. The number of benzene rings is 2. The first-order chi connectivity index (χ1) is 28.2. The monoisotopic (exact) mass is 785 g/mol. The maximum Gasteiger partial charge on any atom is 0.407 e. The number of hydrogen-bond donors (Lipinski definition) is 3. The number of likely N-dealkylation sites (tertiary alicyclic amines) is 1. The normalized spacial score (nSPS) is 23.2. The first-order valence-corrected chi connectivity index (χ1v) is 20.2. The number of carbonyl (C=O) groups is 3. The highest BCUT2D eigenvalue weighted by Gasteiger charge is 2.52. The third kappa shape index (κ3) is 7.87. The number of H-pyrrole nitrogens is 1. The van der Waals surface area contributed by atoms with Gasteiger partial charge >= 0.3 is 6.09 Å². The molecule has 2 aliphatic carbocycles. The van der Waals surface area contributed by atoms with Gasteiger partial charge in [-0.05, 0) is 84.3 Å². The van der Waals surface area contributed by atoms with Gasteiger partial charge in [0.05, 0.1) is 38.3 Å². The molecule has 2 saturated carbocycles. The van der Waals surface area contributed by atoms with E-state index in [2.05, 4.69) is 74.1 Å². The van der Waals surface area contributed by atoms with Crippen molar-refractivity contribution in [2.45, 2.75) is 70.2 Å². The van der Waals surface area contributed by atoms with Crippen LogP contribution in [0, 0.1) is 23.7 Å². The number of aliphatic imine (C=N–C) groups is 1. The van der Waals surface area contributed by atoms with Crippen LogP contribution in [0.25, 0.3) is 28.0 Å². The van der Waals surface area contributed by atoms with Crippen molar-refractivity contribution in [1.82, 2.24) is 30.5 Å².